The van der Waals surface area contributed by atoms with Crippen molar-refractivity contribution in [1.82, 2.24) is 9.97 Å². The highest BCUT2D eigenvalue weighted by Crippen LogP contribution is 2.22. The zero-order chi connectivity index (χ0) is 12.3. The van der Waals surface area contributed by atoms with Crippen LogP contribution in [0.4, 0.5) is 0 Å². The molecule has 0 aromatic carbocycles. The van der Waals surface area contributed by atoms with Crippen LogP contribution in [0.5, 0.6) is 0 Å². The maximum Gasteiger partial charge on any atom is 0.103 e. The average Bonchev–Trinajstić information content (AvgIpc) is 2.32. The van der Waals surface area contributed by atoms with E-state index in [0.717, 1.165) is 10.2 Å². The lowest BCUT2D eigenvalue weighted by atomic mass is 10.1. The van der Waals surface area contributed by atoms with Gasteiger partial charge in [-0.1, -0.05) is 11.6 Å². The molecule has 0 radical (unpaired) electrons. The zero-order valence-electron chi connectivity index (χ0n) is 8.85. The third-order valence-electron chi connectivity index (χ3n) is 2.29. The Morgan fingerprint density at radius 2 is 2.12 bits per heavy atom. The van der Waals surface area contributed by atoms with Crippen molar-refractivity contribution in [1.29, 1.82) is 0 Å². The predicted octanol–water partition coefficient (Wildman–Crippen LogP) is 3.17. The van der Waals surface area contributed by atoms with Crippen LogP contribution in [0.3, 0.4) is 0 Å². The largest absolute Gasteiger partial charge is 0.386 e. The summed E-state index contributed by atoms with van der Waals surface area (Å²) in [7, 11) is 0. The fraction of sp³-hybridized carbons (Fsp3) is 0.167. The quantitative estimate of drug-likeness (QED) is 0.946. The van der Waals surface area contributed by atoms with E-state index >= 15 is 0 Å². The van der Waals surface area contributed by atoms with Crippen molar-refractivity contribution in [3.8, 4) is 0 Å². The van der Waals surface area contributed by atoms with Gasteiger partial charge in [0, 0.05) is 29.0 Å². The van der Waals surface area contributed by atoms with Crippen LogP contribution >= 0.6 is 27.5 Å². The van der Waals surface area contributed by atoms with Gasteiger partial charge in [-0.25, -0.2) is 0 Å². The number of aliphatic hydroxyl groups excluding tert-OH is 1. The van der Waals surface area contributed by atoms with Crippen LogP contribution < -0.4 is 0 Å². The summed E-state index contributed by atoms with van der Waals surface area (Å²) in [6, 6.07) is 7.18. The van der Waals surface area contributed by atoms with E-state index in [-0.39, 0.29) is 0 Å². The SMILES string of the molecule is OC(Cc1ccc(Br)cn1)c1ncccc1Cl. The number of rotatable bonds is 3. The number of halogens is 2. The molecule has 2 heterocycles. The monoisotopic (exact) mass is 312 g/mol. The molecule has 88 valence electrons. The number of aromatic nitrogens is 2. The first-order valence-electron chi connectivity index (χ1n) is 5.05. The third kappa shape index (κ3) is 3.25. The van der Waals surface area contributed by atoms with Gasteiger partial charge in [-0.2, -0.15) is 0 Å². The molecule has 0 saturated carbocycles. The Bertz CT molecular complexity index is 504. The van der Waals surface area contributed by atoms with Gasteiger partial charge >= 0.3 is 0 Å². The van der Waals surface area contributed by atoms with Gasteiger partial charge in [-0.3, -0.25) is 9.97 Å². The normalized spacial score (nSPS) is 12.4. The Labute approximate surface area is 113 Å². The number of hydrogen-bond acceptors (Lipinski definition) is 3. The molecule has 3 nitrogen and oxygen atoms in total. The second-order valence-corrected chi connectivity index (χ2v) is 4.88. The number of aliphatic hydroxyl groups is 1. The Hall–Kier alpha value is -0.970. The Kier molecular flexibility index (Phi) is 4.10. The molecule has 17 heavy (non-hydrogen) atoms. The van der Waals surface area contributed by atoms with E-state index in [0.29, 0.717) is 17.1 Å². The smallest absolute Gasteiger partial charge is 0.103 e. The highest BCUT2D eigenvalue weighted by Gasteiger charge is 2.13. The maximum atomic E-state index is 10.0. The van der Waals surface area contributed by atoms with Gasteiger partial charge in [0.1, 0.15) is 6.10 Å². The van der Waals surface area contributed by atoms with E-state index in [1.165, 1.54) is 0 Å². The summed E-state index contributed by atoms with van der Waals surface area (Å²) in [6.45, 7) is 0. The summed E-state index contributed by atoms with van der Waals surface area (Å²) in [5.74, 6) is 0. The highest BCUT2D eigenvalue weighted by atomic mass is 79.9. The molecule has 2 rings (SSSR count). The number of nitrogens with zero attached hydrogens (tertiary/aromatic N) is 2. The van der Waals surface area contributed by atoms with Gasteiger partial charge in [0.25, 0.3) is 0 Å². The molecular formula is C12H10BrClN2O. The van der Waals surface area contributed by atoms with E-state index < -0.39 is 6.10 Å². The number of pyridine rings is 2. The molecule has 1 N–H and O–H groups in total. The van der Waals surface area contributed by atoms with Crippen molar-refractivity contribution in [2.24, 2.45) is 0 Å². The Morgan fingerprint density at radius 3 is 2.76 bits per heavy atom. The first-order valence-corrected chi connectivity index (χ1v) is 6.23. The number of hydrogen-bond donors (Lipinski definition) is 1. The first-order chi connectivity index (χ1) is 8.16. The van der Waals surface area contributed by atoms with Crippen LogP contribution in [0.15, 0.2) is 41.1 Å². The Morgan fingerprint density at radius 1 is 1.29 bits per heavy atom. The molecule has 0 amide bonds. The van der Waals surface area contributed by atoms with Gasteiger partial charge < -0.3 is 5.11 Å². The highest BCUT2D eigenvalue weighted by molar-refractivity contribution is 9.10. The van der Waals surface area contributed by atoms with E-state index in [4.69, 9.17) is 11.6 Å². The van der Waals surface area contributed by atoms with Crippen LogP contribution in [0.25, 0.3) is 0 Å². The van der Waals surface area contributed by atoms with Crippen LogP contribution in [0.1, 0.15) is 17.5 Å². The Balaban J connectivity index is 2.14. The second-order valence-electron chi connectivity index (χ2n) is 3.56. The van der Waals surface area contributed by atoms with E-state index in [1.807, 2.05) is 12.1 Å². The molecule has 2 aromatic heterocycles. The van der Waals surface area contributed by atoms with Crippen molar-refractivity contribution >= 4 is 27.5 Å². The molecule has 1 unspecified atom stereocenters. The molecule has 2 aromatic rings. The summed E-state index contributed by atoms with van der Waals surface area (Å²) in [5, 5.41) is 10.5. The lowest BCUT2D eigenvalue weighted by molar-refractivity contribution is 0.172. The van der Waals surface area contributed by atoms with Crippen molar-refractivity contribution in [3.05, 3.63) is 57.5 Å². The lowest BCUT2D eigenvalue weighted by Crippen LogP contribution is -2.05. The molecule has 0 fully saturated rings. The third-order valence-corrected chi connectivity index (χ3v) is 3.08. The molecular weight excluding hydrogens is 304 g/mol. The first kappa shape index (κ1) is 12.5. The van der Waals surface area contributed by atoms with Crippen molar-refractivity contribution < 1.29 is 5.11 Å². The zero-order valence-corrected chi connectivity index (χ0v) is 11.2. The van der Waals surface area contributed by atoms with Gasteiger partial charge in [0.05, 0.1) is 10.7 Å². The van der Waals surface area contributed by atoms with E-state index in [1.54, 1.807) is 24.5 Å². The topological polar surface area (TPSA) is 46.0 Å². The van der Waals surface area contributed by atoms with Gasteiger partial charge in [0.2, 0.25) is 0 Å². The van der Waals surface area contributed by atoms with Gasteiger partial charge in [-0.05, 0) is 40.2 Å². The van der Waals surface area contributed by atoms with E-state index in [2.05, 4.69) is 25.9 Å². The minimum atomic E-state index is -0.739. The molecule has 1 atom stereocenters. The molecule has 0 spiro atoms. The fourth-order valence-electron chi connectivity index (χ4n) is 1.47. The van der Waals surface area contributed by atoms with Gasteiger partial charge in [-0.15, -0.1) is 0 Å². The van der Waals surface area contributed by atoms with Crippen molar-refractivity contribution in [2.45, 2.75) is 12.5 Å². The van der Waals surface area contributed by atoms with Crippen molar-refractivity contribution in [3.63, 3.8) is 0 Å². The molecule has 0 saturated heterocycles. The minimum absolute atomic E-state index is 0.393. The van der Waals surface area contributed by atoms with Crippen LogP contribution in [-0.2, 0) is 6.42 Å². The fourth-order valence-corrected chi connectivity index (χ4v) is 1.95. The summed E-state index contributed by atoms with van der Waals surface area (Å²) in [4.78, 5) is 8.27. The molecule has 5 heteroatoms. The molecule has 0 aliphatic carbocycles. The molecule has 0 aliphatic rings. The average molecular weight is 314 g/mol. The summed E-state index contributed by atoms with van der Waals surface area (Å²) in [5.41, 5.74) is 1.28. The standard InChI is InChI=1S/C12H10BrClN2O/c13-8-3-4-9(16-7-8)6-11(17)12-10(14)2-1-5-15-12/h1-5,7,11,17H,6H2. The van der Waals surface area contributed by atoms with Crippen LogP contribution in [0, 0.1) is 0 Å². The van der Waals surface area contributed by atoms with Crippen LogP contribution in [0.2, 0.25) is 5.02 Å². The summed E-state index contributed by atoms with van der Waals surface area (Å²) >= 11 is 9.27. The second kappa shape index (κ2) is 5.58. The maximum absolute atomic E-state index is 10.0. The molecule has 0 aliphatic heterocycles. The molecule has 0 bridgehead atoms. The summed E-state index contributed by atoms with van der Waals surface area (Å²) in [6.07, 6.45) is 2.96. The van der Waals surface area contributed by atoms with Crippen LogP contribution in [-0.4, -0.2) is 15.1 Å². The van der Waals surface area contributed by atoms with Crippen molar-refractivity contribution in [2.75, 3.05) is 0 Å². The minimum Gasteiger partial charge on any atom is -0.386 e. The van der Waals surface area contributed by atoms with E-state index in [9.17, 15) is 5.11 Å². The van der Waals surface area contributed by atoms with Gasteiger partial charge in [0.15, 0.2) is 0 Å². The predicted molar refractivity (Wildman–Crippen MR) is 69.8 cm³/mol. The lowest BCUT2D eigenvalue weighted by Gasteiger charge is -2.10. The summed E-state index contributed by atoms with van der Waals surface area (Å²) < 4.78 is 0.909.